The van der Waals surface area contributed by atoms with Gasteiger partial charge in [-0.05, 0) is 59.2 Å². The number of ether oxygens (including phenoxy) is 6. The van der Waals surface area contributed by atoms with Gasteiger partial charge in [0, 0.05) is 12.1 Å². The first-order valence-electron chi connectivity index (χ1n) is 11.5. The molecular formula is C29H32N2O7. The smallest absolute Gasteiger partial charge is 0.248 e. The summed E-state index contributed by atoms with van der Waals surface area (Å²) >= 11 is 0. The molecule has 0 aliphatic carbocycles. The van der Waals surface area contributed by atoms with Gasteiger partial charge in [0.25, 0.3) is 0 Å². The van der Waals surface area contributed by atoms with Gasteiger partial charge in [-0.1, -0.05) is 12.2 Å². The van der Waals surface area contributed by atoms with Crippen LogP contribution in [0.5, 0.6) is 34.5 Å². The number of nitrogen functional groups attached to an aromatic ring is 1. The SMILES string of the molecule is COc1ccc(/C=C/c2cc(OC)c(OC)c(OC)c2)c(NC(=O)/C=C/c2cc(N)c(OC)c(OC)c2)c1. The number of anilines is 2. The molecule has 38 heavy (non-hydrogen) atoms. The second-order valence-corrected chi connectivity index (χ2v) is 7.91. The average molecular weight is 521 g/mol. The molecule has 0 heterocycles. The molecule has 9 nitrogen and oxygen atoms in total. The van der Waals surface area contributed by atoms with Crippen LogP contribution in [0.4, 0.5) is 11.4 Å². The molecule has 3 rings (SSSR count). The lowest BCUT2D eigenvalue weighted by molar-refractivity contribution is -0.111. The van der Waals surface area contributed by atoms with Crippen LogP contribution in [0.2, 0.25) is 0 Å². The number of nitrogens with one attached hydrogen (secondary N) is 1. The summed E-state index contributed by atoms with van der Waals surface area (Å²) in [7, 11) is 9.27. The molecule has 3 aromatic carbocycles. The minimum atomic E-state index is -0.339. The van der Waals surface area contributed by atoms with Gasteiger partial charge in [0.05, 0.1) is 54.0 Å². The summed E-state index contributed by atoms with van der Waals surface area (Å²) in [6, 6.07) is 12.5. The van der Waals surface area contributed by atoms with E-state index in [1.165, 1.54) is 20.3 Å². The first kappa shape index (κ1) is 27.8. The van der Waals surface area contributed by atoms with Crippen LogP contribution in [0.3, 0.4) is 0 Å². The zero-order valence-electron chi connectivity index (χ0n) is 22.3. The molecule has 0 saturated carbocycles. The Kier molecular flexibility index (Phi) is 9.48. The number of benzene rings is 3. The fraction of sp³-hybridized carbons (Fsp3) is 0.207. The van der Waals surface area contributed by atoms with Crippen LogP contribution in [0.25, 0.3) is 18.2 Å². The van der Waals surface area contributed by atoms with Crippen LogP contribution in [0.15, 0.2) is 48.5 Å². The zero-order valence-corrected chi connectivity index (χ0v) is 22.3. The molecule has 3 aromatic rings. The molecule has 0 fully saturated rings. The molecule has 0 atom stereocenters. The van der Waals surface area contributed by atoms with Crippen molar-refractivity contribution in [2.45, 2.75) is 0 Å². The highest BCUT2D eigenvalue weighted by atomic mass is 16.5. The Hall–Kier alpha value is -4.79. The summed E-state index contributed by atoms with van der Waals surface area (Å²) in [6.07, 6.45) is 6.80. The third kappa shape index (κ3) is 6.50. The van der Waals surface area contributed by atoms with E-state index in [-0.39, 0.29) is 5.91 Å². The predicted molar refractivity (Wildman–Crippen MR) is 150 cm³/mol. The summed E-state index contributed by atoms with van der Waals surface area (Å²) < 4.78 is 32.2. The van der Waals surface area contributed by atoms with E-state index in [4.69, 9.17) is 34.2 Å². The van der Waals surface area contributed by atoms with Crippen molar-refractivity contribution in [3.63, 3.8) is 0 Å². The summed E-state index contributed by atoms with van der Waals surface area (Å²) in [5.74, 6) is 2.75. The standard InChI is InChI=1S/C29H32N2O7/c1-33-21-11-10-20(9-7-19-15-25(35-3)29(38-6)26(16-19)36-4)23(17-21)31-27(32)12-8-18-13-22(30)28(37-5)24(14-18)34-2/h7-17H,30H2,1-6H3,(H,31,32)/b9-7+,12-8+. The summed E-state index contributed by atoms with van der Waals surface area (Å²) in [5, 5.41) is 2.91. The Labute approximate surface area is 222 Å². The normalized spacial score (nSPS) is 10.9. The highest BCUT2D eigenvalue weighted by Crippen LogP contribution is 2.39. The monoisotopic (exact) mass is 520 g/mol. The average Bonchev–Trinajstić information content (AvgIpc) is 2.94. The van der Waals surface area contributed by atoms with Crippen LogP contribution in [0, 0.1) is 0 Å². The Morgan fingerprint density at radius 1 is 0.684 bits per heavy atom. The van der Waals surface area contributed by atoms with Gasteiger partial charge in [-0.3, -0.25) is 4.79 Å². The Bertz CT molecular complexity index is 1320. The van der Waals surface area contributed by atoms with Crippen LogP contribution >= 0.6 is 0 Å². The molecule has 9 heteroatoms. The predicted octanol–water partition coefficient (Wildman–Crippen LogP) is 5.14. The number of carbonyl (C=O) groups excluding carboxylic acids is 1. The summed E-state index contributed by atoms with van der Waals surface area (Å²) in [6.45, 7) is 0. The molecule has 3 N–H and O–H groups in total. The van der Waals surface area contributed by atoms with E-state index in [2.05, 4.69) is 5.32 Å². The zero-order chi connectivity index (χ0) is 27.7. The number of amides is 1. The van der Waals surface area contributed by atoms with Crippen LogP contribution in [-0.2, 0) is 4.79 Å². The van der Waals surface area contributed by atoms with Gasteiger partial charge in [-0.2, -0.15) is 0 Å². The van der Waals surface area contributed by atoms with Crippen molar-refractivity contribution in [1.29, 1.82) is 0 Å². The second-order valence-electron chi connectivity index (χ2n) is 7.91. The fourth-order valence-corrected chi connectivity index (χ4v) is 3.76. The molecule has 0 aromatic heterocycles. The molecule has 0 unspecified atom stereocenters. The molecule has 0 radical (unpaired) electrons. The number of rotatable bonds is 11. The van der Waals surface area contributed by atoms with Crippen molar-refractivity contribution < 1.29 is 33.2 Å². The Morgan fingerprint density at radius 3 is 1.82 bits per heavy atom. The largest absolute Gasteiger partial charge is 0.497 e. The van der Waals surface area contributed by atoms with Crippen molar-refractivity contribution in [1.82, 2.24) is 0 Å². The van der Waals surface area contributed by atoms with E-state index < -0.39 is 0 Å². The van der Waals surface area contributed by atoms with Gasteiger partial charge >= 0.3 is 0 Å². The number of carbonyl (C=O) groups is 1. The first-order valence-corrected chi connectivity index (χ1v) is 11.5. The number of hydrogen-bond acceptors (Lipinski definition) is 8. The van der Waals surface area contributed by atoms with Crippen molar-refractivity contribution in [2.24, 2.45) is 0 Å². The van der Waals surface area contributed by atoms with Gasteiger partial charge in [0.2, 0.25) is 11.7 Å². The van der Waals surface area contributed by atoms with Crippen molar-refractivity contribution in [3.05, 3.63) is 65.2 Å². The lowest BCUT2D eigenvalue weighted by atomic mass is 10.1. The molecule has 0 aliphatic heterocycles. The van der Waals surface area contributed by atoms with Crippen LogP contribution < -0.4 is 39.5 Å². The van der Waals surface area contributed by atoms with Crippen molar-refractivity contribution in [2.75, 3.05) is 53.7 Å². The lowest BCUT2D eigenvalue weighted by Gasteiger charge is -2.13. The van der Waals surface area contributed by atoms with E-state index in [1.54, 1.807) is 52.7 Å². The highest BCUT2D eigenvalue weighted by molar-refractivity contribution is 6.03. The maximum absolute atomic E-state index is 12.8. The summed E-state index contributed by atoms with van der Waals surface area (Å²) in [5.41, 5.74) is 9.27. The minimum Gasteiger partial charge on any atom is -0.497 e. The Morgan fingerprint density at radius 2 is 1.26 bits per heavy atom. The molecule has 0 saturated heterocycles. The van der Waals surface area contributed by atoms with Crippen molar-refractivity contribution >= 4 is 35.5 Å². The third-order valence-electron chi connectivity index (χ3n) is 5.62. The van der Waals surface area contributed by atoms with Gasteiger partial charge < -0.3 is 39.5 Å². The topological polar surface area (TPSA) is 111 Å². The number of methoxy groups -OCH3 is 6. The fourth-order valence-electron chi connectivity index (χ4n) is 3.76. The molecular weight excluding hydrogens is 488 g/mol. The number of nitrogens with two attached hydrogens (primary N) is 1. The van der Waals surface area contributed by atoms with Gasteiger partial charge in [-0.25, -0.2) is 0 Å². The molecule has 0 aliphatic rings. The van der Waals surface area contributed by atoms with Crippen LogP contribution in [0.1, 0.15) is 16.7 Å². The number of hydrogen-bond donors (Lipinski definition) is 2. The maximum atomic E-state index is 12.8. The third-order valence-corrected chi connectivity index (χ3v) is 5.62. The highest BCUT2D eigenvalue weighted by Gasteiger charge is 2.13. The van der Waals surface area contributed by atoms with E-state index >= 15 is 0 Å². The van der Waals surface area contributed by atoms with Gasteiger partial charge in [-0.15, -0.1) is 0 Å². The maximum Gasteiger partial charge on any atom is 0.248 e. The molecule has 0 bridgehead atoms. The van der Waals surface area contributed by atoms with Gasteiger partial charge in [0.1, 0.15) is 5.75 Å². The minimum absolute atomic E-state index is 0.339. The van der Waals surface area contributed by atoms with Crippen molar-refractivity contribution in [3.8, 4) is 34.5 Å². The van der Waals surface area contributed by atoms with E-state index in [0.717, 1.165) is 11.1 Å². The van der Waals surface area contributed by atoms with E-state index in [0.29, 0.717) is 51.4 Å². The lowest BCUT2D eigenvalue weighted by Crippen LogP contribution is -2.09. The van der Waals surface area contributed by atoms with Crippen LogP contribution in [-0.4, -0.2) is 48.6 Å². The molecule has 1 amide bonds. The molecule has 200 valence electrons. The second kappa shape index (κ2) is 13.0. The molecule has 0 spiro atoms. The Balaban J connectivity index is 1.87. The quantitative estimate of drug-likeness (QED) is 0.203. The van der Waals surface area contributed by atoms with E-state index in [9.17, 15) is 4.79 Å². The van der Waals surface area contributed by atoms with E-state index in [1.807, 2.05) is 36.4 Å². The van der Waals surface area contributed by atoms with Gasteiger partial charge in [0.15, 0.2) is 23.0 Å². The summed E-state index contributed by atoms with van der Waals surface area (Å²) in [4.78, 5) is 12.8. The first-order chi connectivity index (χ1) is 18.4.